The van der Waals surface area contributed by atoms with E-state index in [0.717, 1.165) is 0 Å². The van der Waals surface area contributed by atoms with Crippen molar-refractivity contribution in [3.63, 3.8) is 0 Å². The van der Waals surface area contributed by atoms with Gasteiger partial charge in [0.05, 0.1) is 0 Å². The molecule has 0 aliphatic heterocycles. The molecule has 3 N–H and O–H groups in total. The van der Waals surface area contributed by atoms with E-state index in [0.29, 0.717) is 4.31 Å². The summed E-state index contributed by atoms with van der Waals surface area (Å²) in [5.74, 6) is -0.488. The molecule has 0 rings (SSSR count). The second kappa shape index (κ2) is 2.63. The number of hydrogen-bond acceptors (Lipinski definition) is 3. The first-order valence-electron chi connectivity index (χ1n) is 1.73. The summed E-state index contributed by atoms with van der Waals surface area (Å²) < 4.78 is 20.3. The molecule has 48 valence electrons. The van der Waals surface area contributed by atoms with Crippen molar-refractivity contribution in [2.45, 2.75) is 0 Å². The van der Waals surface area contributed by atoms with Gasteiger partial charge in [0.25, 0.3) is 0 Å². The minimum absolute atomic E-state index is 0.488. The molecule has 5 nitrogen and oxygen atoms in total. The van der Waals surface area contributed by atoms with Crippen molar-refractivity contribution >= 4 is 17.2 Å². The summed E-state index contributed by atoms with van der Waals surface area (Å²) in [4.78, 5) is 0. The number of hydrogen-bond donors (Lipinski definition) is 2. The molecule has 0 aromatic carbocycles. The topological polar surface area (TPSA) is 93.2 Å². The lowest BCUT2D eigenvalue weighted by atomic mass is 11.0. The Hall–Kier alpha value is -0.620. The van der Waals surface area contributed by atoms with Crippen LogP contribution >= 0.6 is 0 Å². The lowest BCUT2D eigenvalue weighted by Gasteiger charge is -2.17. The van der Waals surface area contributed by atoms with Gasteiger partial charge in [-0.05, 0) is 0 Å². The fourth-order valence-electron chi connectivity index (χ4n) is 0.0803. The Morgan fingerprint density at radius 2 is 2.38 bits per heavy atom. The first-order chi connectivity index (χ1) is 3.55. The van der Waals surface area contributed by atoms with E-state index in [4.69, 9.17) is 11.1 Å². The van der Waals surface area contributed by atoms with Crippen molar-refractivity contribution in [3.05, 3.63) is 0 Å². The highest BCUT2D eigenvalue weighted by molar-refractivity contribution is 7.77. The lowest BCUT2D eigenvalue weighted by molar-refractivity contribution is 0.494. The van der Waals surface area contributed by atoms with Crippen LogP contribution in [0, 0.1) is 5.41 Å². The van der Waals surface area contributed by atoms with Gasteiger partial charge in [0.2, 0.25) is 0 Å². The number of nitrogens with two attached hydrogens (primary N) is 1. The third-order valence-electron chi connectivity index (χ3n) is 0.563. The van der Waals surface area contributed by atoms with Crippen LogP contribution in [0.2, 0.25) is 0 Å². The van der Waals surface area contributed by atoms with Gasteiger partial charge in [0.15, 0.2) is 5.96 Å². The minimum Gasteiger partial charge on any atom is -0.755 e. The predicted octanol–water partition coefficient (Wildman–Crippen LogP) is -1.39. The van der Waals surface area contributed by atoms with Crippen LogP contribution in [0.4, 0.5) is 0 Å². The van der Waals surface area contributed by atoms with Gasteiger partial charge in [-0.2, -0.15) is 0 Å². The Bertz CT molecular complexity index is 110. The number of nitrogens with one attached hydrogen (secondary N) is 1. The number of rotatable bonds is 1. The zero-order valence-electron chi connectivity index (χ0n) is 4.25. The summed E-state index contributed by atoms with van der Waals surface area (Å²) in [6.45, 7) is 0. The highest BCUT2D eigenvalue weighted by Gasteiger charge is 1.94. The van der Waals surface area contributed by atoms with Gasteiger partial charge >= 0.3 is 0 Å². The Morgan fingerprint density at radius 3 is 2.38 bits per heavy atom. The van der Waals surface area contributed by atoms with Crippen LogP contribution in [0.1, 0.15) is 0 Å². The molecule has 0 amide bonds. The van der Waals surface area contributed by atoms with Gasteiger partial charge in [-0.1, -0.05) is 0 Å². The molecule has 8 heavy (non-hydrogen) atoms. The summed E-state index contributed by atoms with van der Waals surface area (Å²) in [6, 6.07) is 0. The standard InChI is InChI=1S/C2H7N3O2S/c1-5(2(3)4)8(6)7/h1H3,(H3,3,4)(H,6,7)/p-1. The Kier molecular flexibility index (Phi) is 2.43. The molecular weight excluding hydrogens is 130 g/mol. The van der Waals surface area contributed by atoms with E-state index in [1.807, 2.05) is 0 Å². The van der Waals surface area contributed by atoms with E-state index in [9.17, 15) is 8.76 Å². The van der Waals surface area contributed by atoms with Crippen molar-refractivity contribution in [3.8, 4) is 0 Å². The third-order valence-corrected chi connectivity index (χ3v) is 1.21. The van der Waals surface area contributed by atoms with Crippen LogP contribution < -0.4 is 5.73 Å². The average molecular weight is 136 g/mol. The smallest absolute Gasteiger partial charge is 0.199 e. The Labute approximate surface area is 49.4 Å². The molecule has 0 aromatic heterocycles. The van der Waals surface area contributed by atoms with Crippen LogP contribution in [0.25, 0.3) is 0 Å². The van der Waals surface area contributed by atoms with Crippen LogP contribution in [0.15, 0.2) is 0 Å². The molecule has 0 saturated heterocycles. The highest BCUT2D eigenvalue weighted by atomic mass is 32.2. The van der Waals surface area contributed by atoms with E-state index < -0.39 is 17.2 Å². The van der Waals surface area contributed by atoms with Crippen LogP contribution in [-0.4, -0.2) is 26.1 Å². The first kappa shape index (κ1) is 7.38. The summed E-state index contributed by atoms with van der Waals surface area (Å²) in [5, 5.41) is 6.54. The highest BCUT2D eigenvalue weighted by Crippen LogP contribution is 1.80. The van der Waals surface area contributed by atoms with Crippen molar-refractivity contribution in [1.82, 2.24) is 4.31 Å². The molecule has 0 heterocycles. The lowest BCUT2D eigenvalue weighted by Crippen LogP contribution is -2.33. The molecule has 0 aliphatic carbocycles. The predicted molar refractivity (Wildman–Crippen MR) is 28.6 cm³/mol. The number of guanidine groups is 1. The number of nitrogens with zero attached hydrogens (tertiary/aromatic N) is 1. The minimum atomic E-state index is -2.41. The van der Waals surface area contributed by atoms with E-state index in [-0.39, 0.29) is 0 Å². The van der Waals surface area contributed by atoms with Crippen LogP contribution in [0.3, 0.4) is 0 Å². The molecule has 0 aromatic rings. The molecule has 0 bridgehead atoms. The van der Waals surface area contributed by atoms with Gasteiger partial charge in [0, 0.05) is 18.3 Å². The second-order valence-corrected chi connectivity index (χ2v) is 2.08. The van der Waals surface area contributed by atoms with Crippen LogP contribution in [0.5, 0.6) is 0 Å². The molecule has 6 heteroatoms. The van der Waals surface area contributed by atoms with Crippen molar-refractivity contribution < 1.29 is 8.76 Å². The van der Waals surface area contributed by atoms with Crippen LogP contribution in [-0.2, 0) is 11.3 Å². The normalized spacial score (nSPS) is 12.8. The second-order valence-electron chi connectivity index (χ2n) is 1.10. The molecule has 0 spiro atoms. The fraction of sp³-hybridized carbons (Fsp3) is 0.500. The molecule has 0 aliphatic rings. The largest absolute Gasteiger partial charge is 0.755 e. The monoisotopic (exact) mass is 136 g/mol. The van der Waals surface area contributed by atoms with Gasteiger partial charge < -0.3 is 10.3 Å². The van der Waals surface area contributed by atoms with E-state index in [1.54, 1.807) is 0 Å². The van der Waals surface area contributed by atoms with Gasteiger partial charge in [-0.3, -0.25) is 13.9 Å². The molecule has 0 fully saturated rings. The van der Waals surface area contributed by atoms with Crippen molar-refractivity contribution in [2.75, 3.05) is 7.05 Å². The maximum atomic E-state index is 9.85. The Balaban J connectivity index is 3.83. The molecule has 0 radical (unpaired) electrons. The average Bonchev–Trinajstić information content (AvgIpc) is 1.64. The summed E-state index contributed by atoms with van der Waals surface area (Å²) in [7, 11) is 1.19. The zero-order chi connectivity index (χ0) is 6.73. The summed E-state index contributed by atoms with van der Waals surface area (Å²) >= 11 is -2.41. The fourth-order valence-corrected chi connectivity index (χ4v) is 0.241. The molecule has 0 saturated carbocycles. The van der Waals surface area contributed by atoms with Crippen molar-refractivity contribution in [1.29, 1.82) is 5.41 Å². The maximum Gasteiger partial charge on any atom is 0.199 e. The Morgan fingerprint density at radius 1 is 2.00 bits per heavy atom. The molecule has 1 unspecified atom stereocenters. The maximum absolute atomic E-state index is 9.85. The van der Waals surface area contributed by atoms with E-state index in [1.165, 1.54) is 7.05 Å². The SMILES string of the molecule is CN(C(=N)N)S(=O)[O-]. The van der Waals surface area contributed by atoms with Gasteiger partial charge in [0.1, 0.15) is 0 Å². The first-order valence-corrected chi connectivity index (χ1v) is 2.76. The summed E-state index contributed by atoms with van der Waals surface area (Å²) in [5.41, 5.74) is 4.75. The zero-order valence-corrected chi connectivity index (χ0v) is 5.07. The van der Waals surface area contributed by atoms with E-state index >= 15 is 0 Å². The van der Waals surface area contributed by atoms with Gasteiger partial charge in [-0.15, -0.1) is 0 Å². The third kappa shape index (κ3) is 1.90. The molecular formula is C2H6N3O2S-. The molecule has 1 atom stereocenters. The van der Waals surface area contributed by atoms with Crippen molar-refractivity contribution in [2.24, 2.45) is 5.73 Å². The summed E-state index contributed by atoms with van der Waals surface area (Å²) in [6.07, 6.45) is 0. The van der Waals surface area contributed by atoms with Gasteiger partial charge in [-0.25, -0.2) is 0 Å². The quantitative estimate of drug-likeness (QED) is 0.264. The van der Waals surface area contributed by atoms with E-state index in [2.05, 4.69) is 0 Å².